The summed E-state index contributed by atoms with van der Waals surface area (Å²) in [6.07, 6.45) is -0.00312. The van der Waals surface area contributed by atoms with Crippen molar-refractivity contribution in [2.24, 2.45) is 0 Å². The van der Waals surface area contributed by atoms with E-state index < -0.39 is 0 Å². The number of Topliss-reactive ketones (excluding diaryl/α,β-unsaturated/α-hetero) is 1. The molecule has 1 aliphatic rings. The summed E-state index contributed by atoms with van der Waals surface area (Å²) in [6, 6.07) is 5.28. The van der Waals surface area contributed by atoms with Gasteiger partial charge in [-0.25, -0.2) is 0 Å². The zero-order valence-electron chi connectivity index (χ0n) is 8.30. The van der Waals surface area contributed by atoms with Gasteiger partial charge in [-0.2, -0.15) is 15.4 Å². The van der Waals surface area contributed by atoms with Gasteiger partial charge in [0.2, 0.25) is 5.91 Å². The van der Waals surface area contributed by atoms with Gasteiger partial charge in [0, 0.05) is 5.69 Å². The van der Waals surface area contributed by atoms with E-state index in [1.165, 1.54) is 4.90 Å². The number of nitrogens with zero attached hydrogens (tertiary/aromatic N) is 3. The lowest BCUT2D eigenvalue weighted by atomic mass is 10.2. The van der Waals surface area contributed by atoms with Crippen LogP contribution in [0.3, 0.4) is 0 Å². The van der Waals surface area contributed by atoms with Gasteiger partial charge < -0.3 is 4.90 Å². The second-order valence-electron chi connectivity index (χ2n) is 3.69. The van der Waals surface area contributed by atoms with Crippen LogP contribution in [0.2, 0.25) is 0 Å². The van der Waals surface area contributed by atoms with Crippen LogP contribution in [0, 0.1) is 0 Å². The molecule has 6 heteroatoms. The molecule has 0 unspecified atom stereocenters. The van der Waals surface area contributed by atoms with Crippen LogP contribution in [0.5, 0.6) is 0 Å². The molecule has 2 aromatic rings. The molecular formula is C10H8N4O2. The molecule has 3 rings (SSSR count). The van der Waals surface area contributed by atoms with E-state index in [9.17, 15) is 9.59 Å². The van der Waals surface area contributed by atoms with Crippen molar-refractivity contribution in [1.82, 2.24) is 15.4 Å². The van der Waals surface area contributed by atoms with Gasteiger partial charge >= 0.3 is 0 Å². The van der Waals surface area contributed by atoms with Gasteiger partial charge in [-0.1, -0.05) is 0 Å². The number of nitrogens with one attached hydrogen (secondary N) is 1. The number of ketones is 1. The van der Waals surface area contributed by atoms with Crippen molar-refractivity contribution in [1.29, 1.82) is 0 Å². The molecule has 1 saturated heterocycles. The molecule has 1 aromatic heterocycles. The first-order valence-electron chi connectivity index (χ1n) is 4.86. The van der Waals surface area contributed by atoms with Crippen molar-refractivity contribution in [2.75, 3.05) is 11.4 Å². The van der Waals surface area contributed by atoms with Crippen molar-refractivity contribution in [2.45, 2.75) is 6.42 Å². The first-order chi connectivity index (χ1) is 7.74. The monoisotopic (exact) mass is 216 g/mol. The number of anilines is 1. The maximum Gasteiger partial charge on any atom is 0.234 e. The Hall–Kier alpha value is -2.24. The van der Waals surface area contributed by atoms with Gasteiger partial charge in [0.1, 0.15) is 11.0 Å². The topological polar surface area (TPSA) is 79.0 Å². The zero-order chi connectivity index (χ0) is 11.1. The number of carbonyl (C=O) groups excluding carboxylic acids is 2. The van der Waals surface area contributed by atoms with Crippen LogP contribution in [0.1, 0.15) is 6.42 Å². The van der Waals surface area contributed by atoms with E-state index in [1.54, 1.807) is 18.2 Å². The molecule has 1 N–H and O–H groups in total. The molecule has 80 valence electrons. The Labute approximate surface area is 90.2 Å². The predicted octanol–water partition coefficient (Wildman–Crippen LogP) is 0.264. The van der Waals surface area contributed by atoms with Crippen LogP contribution >= 0.6 is 0 Å². The van der Waals surface area contributed by atoms with E-state index in [2.05, 4.69) is 15.4 Å². The molecule has 1 aliphatic heterocycles. The van der Waals surface area contributed by atoms with Crippen molar-refractivity contribution < 1.29 is 9.59 Å². The second kappa shape index (κ2) is 3.13. The van der Waals surface area contributed by atoms with Crippen LogP contribution in [0.25, 0.3) is 11.0 Å². The predicted molar refractivity (Wildman–Crippen MR) is 55.9 cm³/mol. The molecular weight excluding hydrogens is 208 g/mol. The van der Waals surface area contributed by atoms with E-state index in [0.29, 0.717) is 11.2 Å². The van der Waals surface area contributed by atoms with Crippen LogP contribution in [-0.4, -0.2) is 33.6 Å². The minimum atomic E-state index is -0.159. The van der Waals surface area contributed by atoms with E-state index in [-0.39, 0.29) is 24.7 Å². The molecule has 0 aliphatic carbocycles. The maximum atomic E-state index is 11.5. The molecule has 0 atom stereocenters. The molecule has 2 heterocycles. The quantitative estimate of drug-likeness (QED) is 0.693. The first kappa shape index (κ1) is 9.02. The lowest BCUT2D eigenvalue weighted by Gasteiger charge is -2.13. The largest absolute Gasteiger partial charge is 0.305 e. The summed E-state index contributed by atoms with van der Waals surface area (Å²) in [5, 5.41) is 10.4. The summed E-state index contributed by atoms with van der Waals surface area (Å²) in [5.41, 5.74) is 2.11. The van der Waals surface area contributed by atoms with E-state index >= 15 is 0 Å². The minimum absolute atomic E-state index is 0.00312. The molecule has 0 bridgehead atoms. The summed E-state index contributed by atoms with van der Waals surface area (Å²) in [6.45, 7) is 0.155. The lowest BCUT2D eigenvalue weighted by Crippen LogP contribution is -2.24. The molecule has 1 aromatic carbocycles. The fraction of sp³-hybridized carbons (Fsp3) is 0.200. The molecule has 0 radical (unpaired) electrons. The summed E-state index contributed by atoms with van der Waals surface area (Å²) in [4.78, 5) is 24.1. The summed E-state index contributed by atoms with van der Waals surface area (Å²) in [5.74, 6) is -0.210. The molecule has 16 heavy (non-hydrogen) atoms. The third-order valence-corrected chi connectivity index (χ3v) is 2.60. The number of aromatic nitrogens is 3. The molecule has 1 amide bonds. The van der Waals surface area contributed by atoms with Gasteiger partial charge in [-0.05, 0) is 18.2 Å². The summed E-state index contributed by atoms with van der Waals surface area (Å²) >= 11 is 0. The second-order valence-corrected chi connectivity index (χ2v) is 3.69. The number of aromatic amines is 1. The highest BCUT2D eigenvalue weighted by Gasteiger charge is 2.28. The number of amides is 1. The normalized spacial score (nSPS) is 16.4. The van der Waals surface area contributed by atoms with Crippen molar-refractivity contribution in [3.63, 3.8) is 0 Å². The van der Waals surface area contributed by atoms with Gasteiger partial charge in [0.05, 0.1) is 13.0 Å². The lowest BCUT2D eigenvalue weighted by molar-refractivity contribution is -0.121. The summed E-state index contributed by atoms with van der Waals surface area (Å²) < 4.78 is 0. The van der Waals surface area contributed by atoms with E-state index in [4.69, 9.17) is 0 Å². The number of hydrogen-bond donors (Lipinski definition) is 1. The SMILES string of the molecule is O=C1CC(=O)N(c2ccc3n[nH]nc3c2)C1. The number of rotatable bonds is 1. The van der Waals surface area contributed by atoms with Gasteiger partial charge in [-0.15, -0.1) is 0 Å². The average Bonchev–Trinajstić information content (AvgIpc) is 2.83. The van der Waals surface area contributed by atoms with Crippen LogP contribution in [-0.2, 0) is 9.59 Å². The van der Waals surface area contributed by atoms with Crippen LogP contribution in [0.4, 0.5) is 5.69 Å². The zero-order valence-corrected chi connectivity index (χ0v) is 8.30. The van der Waals surface area contributed by atoms with Gasteiger partial charge in [0.15, 0.2) is 5.78 Å². The smallest absolute Gasteiger partial charge is 0.234 e. The molecule has 0 spiro atoms. The third-order valence-electron chi connectivity index (χ3n) is 2.60. The van der Waals surface area contributed by atoms with Crippen LogP contribution in [0.15, 0.2) is 18.2 Å². The maximum absolute atomic E-state index is 11.5. The molecule has 1 fully saturated rings. The Morgan fingerprint density at radius 1 is 1.19 bits per heavy atom. The number of benzene rings is 1. The number of fused-ring (bicyclic) bond motifs is 1. The number of hydrogen-bond acceptors (Lipinski definition) is 4. The Morgan fingerprint density at radius 2 is 2.00 bits per heavy atom. The third kappa shape index (κ3) is 1.27. The van der Waals surface area contributed by atoms with Crippen LogP contribution < -0.4 is 4.90 Å². The summed E-state index contributed by atoms with van der Waals surface area (Å²) in [7, 11) is 0. The Morgan fingerprint density at radius 3 is 2.75 bits per heavy atom. The highest BCUT2D eigenvalue weighted by atomic mass is 16.2. The Balaban J connectivity index is 2.05. The molecule has 6 nitrogen and oxygen atoms in total. The number of H-pyrrole nitrogens is 1. The highest BCUT2D eigenvalue weighted by Crippen LogP contribution is 2.22. The highest BCUT2D eigenvalue weighted by molar-refractivity contribution is 6.15. The van der Waals surface area contributed by atoms with E-state index in [1.807, 2.05) is 0 Å². The first-order valence-corrected chi connectivity index (χ1v) is 4.86. The standard InChI is InChI=1S/C10H8N4O2/c15-7-4-10(16)14(5-7)6-1-2-8-9(3-6)12-13-11-8/h1-3H,4-5H2,(H,11,12,13). The van der Waals surface area contributed by atoms with E-state index in [0.717, 1.165) is 5.52 Å². The Kier molecular flexibility index (Phi) is 1.76. The van der Waals surface area contributed by atoms with Crippen molar-refractivity contribution in [3.8, 4) is 0 Å². The number of carbonyl (C=O) groups is 2. The van der Waals surface area contributed by atoms with Gasteiger partial charge in [-0.3, -0.25) is 9.59 Å². The minimum Gasteiger partial charge on any atom is -0.305 e. The Bertz CT molecular complexity index is 589. The molecule has 0 saturated carbocycles. The average molecular weight is 216 g/mol. The van der Waals surface area contributed by atoms with Crippen molar-refractivity contribution >= 4 is 28.4 Å². The fourth-order valence-electron chi connectivity index (χ4n) is 1.82. The van der Waals surface area contributed by atoms with Gasteiger partial charge in [0.25, 0.3) is 0 Å². The van der Waals surface area contributed by atoms with Crippen molar-refractivity contribution in [3.05, 3.63) is 18.2 Å². The fourth-order valence-corrected chi connectivity index (χ4v) is 1.82.